The summed E-state index contributed by atoms with van der Waals surface area (Å²) in [6.07, 6.45) is 6.79. The molecule has 2 aliphatic rings. The molecule has 0 aromatic carbocycles. The van der Waals surface area contributed by atoms with E-state index in [1.165, 1.54) is 30.1 Å². The Kier molecular flexibility index (Phi) is 2.48. The van der Waals surface area contributed by atoms with Gasteiger partial charge in [0.1, 0.15) is 5.82 Å². The first-order valence-corrected chi connectivity index (χ1v) is 6.81. The van der Waals surface area contributed by atoms with Crippen molar-refractivity contribution in [1.29, 1.82) is 0 Å². The van der Waals surface area contributed by atoms with Gasteiger partial charge in [-0.05, 0) is 25.0 Å². The van der Waals surface area contributed by atoms with E-state index in [2.05, 4.69) is 21.3 Å². The number of imidazole rings is 1. The van der Waals surface area contributed by atoms with Crippen LogP contribution in [0.15, 0.2) is 6.20 Å². The molecular weight excluding hydrogens is 206 g/mol. The fourth-order valence-electron chi connectivity index (χ4n) is 2.55. The minimum atomic E-state index is 0.346. The molecule has 0 spiro atoms. The van der Waals surface area contributed by atoms with E-state index < -0.39 is 0 Å². The summed E-state index contributed by atoms with van der Waals surface area (Å²) in [5.74, 6) is 2.60. The van der Waals surface area contributed by atoms with Crippen LogP contribution in [0.25, 0.3) is 0 Å². The molecule has 82 valence electrons. The number of hydrogen-bond acceptors (Lipinski definition) is 3. The van der Waals surface area contributed by atoms with E-state index >= 15 is 0 Å². The van der Waals surface area contributed by atoms with E-state index in [1.54, 1.807) is 0 Å². The SMILES string of the molecule is NC1CCn2c(cnc2C2CCCS2)C1. The van der Waals surface area contributed by atoms with Crippen molar-refractivity contribution in [2.24, 2.45) is 5.73 Å². The Morgan fingerprint density at radius 1 is 1.47 bits per heavy atom. The van der Waals surface area contributed by atoms with Gasteiger partial charge >= 0.3 is 0 Å². The predicted octanol–water partition coefficient (Wildman–Crippen LogP) is 1.72. The second kappa shape index (κ2) is 3.83. The van der Waals surface area contributed by atoms with Gasteiger partial charge in [0.05, 0.1) is 5.25 Å². The summed E-state index contributed by atoms with van der Waals surface area (Å²) < 4.78 is 2.41. The number of fused-ring (bicyclic) bond motifs is 1. The molecule has 0 amide bonds. The smallest absolute Gasteiger partial charge is 0.122 e. The minimum Gasteiger partial charge on any atom is -0.331 e. The zero-order valence-electron chi connectivity index (χ0n) is 8.85. The van der Waals surface area contributed by atoms with Gasteiger partial charge in [-0.25, -0.2) is 4.98 Å². The Balaban J connectivity index is 1.90. The zero-order chi connectivity index (χ0) is 10.3. The molecule has 0 bridgehead atoms. The molecular formula is C11H17N3S. The highest BCUT2D eigenvalue weighted by Crippen LogP contribution is 2.39. The van der Waals surface area contributed by atoms with Crippen molar-refractivity contribution >= 4 is 11.8 Å². The van der Waals surface area contributed by atoms with Crippen LogP contribution in [0.2, 0.25) is 0 Å². The summed E-state index contributed by atoms with van der Waals surface area (Å²) in [5, 5.41) is 0.646. The fraction of sp³-hybridized carbons (Fsp3) is 0.727. The molecule has 2 unspecified atom stereocenters. The number of aromatic nitrogens is 2. The maximum atomic E-state index is 5.97. The largest absolute Gasteiger partial charge is 0.331 e. The molecule has 1 fully saturated rings. The number of nitrogens with zero attached hydrogens (tertiary/aromatic N) is 2. The molecule has 1 aromatic heterocycles. The van der Waals surface area contributed by atoms with Crippen LogP contribution in [-0.4, -0.2) is 21.3 Å². The average molecular weight is 223 g/mol. The minimum absolute atomic E-state index is 0.346. The highest BCUT2D eigenvalue weighted by molar-refractivity contribution is 7.99. The molecule has 3 heterocycles. The van der Waals surface area contributed by atoms with Crippen LogP contribution >= 0.6 is 11.8 Å². The quantitative estimate of drug-likeness (QED) is 0.788. The van der Waals surface area contributed by atoms with Gasteiger partial charge in [-0.15, -0.1) is 0 Å². The third kappa shape index (κ3) is 1.70. The summed E-state index contributed by atoms with van der Waals surface area (Å²) in [4.78, 5) is 4.60. The van der Waals surface area contributed by atoms with Crippen molar-refractivity contribution in [1.82, 2.24) is 9.55 Å². The molecule has 2 N–H and O–H groups in total. The van der Waals surface area contributed by atoms with Crippen molar-refractivity contribution in [3.05, 3.63) is 17.7 Å². The summed E-state index contributed by atoms with van der Waals surface area (Å²) >= 11 is 2.06. The Hall–Kier alpha value is -0.480. The first-order valence-electron chi connectivity index (χ1n) is 5.76. The normalized spacial score (nSPS) is 30.5. The number of nitrogens with two attached hydrogens (primary N) is 1. The Labute approximate surface area is 94.4 Å². The molecule has 0 saturated carbocycles. The first kappa shape index (κ1) is 9.73. The van der Waals surface area contributed by atoms with E-state index in [-0.39, 0.29) is 0 Å². The lowest BCUT2D eigenvalue weighted by atomic mass is 10.1. The molecule has 1 aromatic rings. The van der Waals surface area contributed by atoms with Crippen LogP contribution in [0.4, 0.5) is 0 Å². The van der Waals surface area contributed by atoms with Gasteiger partial charge in [0.25, 0.3) is 0 Å². The fourth-order valence-corrected chi connectivity index (χ4v) is 3.84. The van der Waals surface area contributed by atoms with Crippen molar-refractivity contribution in [2.75, 3.05) is 5.75 Å². The van der Waals surface area contributed by atoms with E-state index in [0.29, 0.717) is 11.3 Å². The molecule has 2 aliphatic heterocycles. The number of thioether (sulfide) groups is 1. The van der Waals surface area contributed by atoms with E-state index in [0.717, 1.165) is 19.4 Å². The summed E-state index contributed by atoms with van der Waals surface area (Å²) in [7, 11) is 0. The molecule has 4 heteroatoms. The molecule has 0 aliphatic carbocycles. The molecule has 0 radical (unpaired) electrons. The third-order valence-corrected chi connectivity index (χ3v) is 4.75. The second-order valence-corrected chi connectivity index (χ2v) is 5.82. The highest BCUT2D eigenvalue weighted by Gasteiger charge is 2.26. The predicted molar refractivity (Wildman–Crippen MR) is 63.0 cm³/mol. The van der Waals surface area contributed by atoms with E-state index in [9.17, 15) is 0 Å². The van der Waals surface area contributed by atoms with Gasteiger partial charge in [-0.1, -0.05) is 0 Å². The topological polar surface area (TPSA) is 43.8 Å². The van der Waals surface area contributed by atoms with Gasteiger partial charge < -0.3 is 10.3 Å². The van der Waals surface area contributed by atoms with Crippen LogP contribution in [0.5, 0.6) is 0 Å². The standard InChI is InChI=1S/C11H17N3S/c12-8-3-4-14-9(6-8)7-13-11(14)10-2-1-5-15-10/h7-8,10H,1-6,12H2. The van der Waals surface area contributed by atoms with E-state index in [4.69, 9.17) is 5.73 Å². The monoisotopic (exact) mass is 223 g/mol. The van der Waals surface area contributed by atoms with Gasteiger partial charge in [0, 0.05) is 30.9 Å². The Morgan fingerprint density at radius 3 is 3.20 bits per heavy atom. The summed E-state index contributed by atoms with van der Waals surface area (Å²) in [6, 6.07) is 0.346. The summed E-state index contributed by atoms with van der Waals surface area (Å²) in [6.45, 7) is 1.07. The van der Waals surface area contributed by atoms with Crippen molar-refractivity contribution in [3.63, 3.8) is 0 Å². The molecule has 15 heavy (non-hydrogen) atoms. The van der Waals surface area contributed by atoms with Gasteiger partial charge in [-0.2, -0.15) is 11.8 Å². The summed E-state index contributed by atoms with van der Waals surface area (Å²) in [5.41, 5.74) is 7.31. The highest BCUT2D eigenvalue weighted by atomic mass is 32.2. The van der Waals surface area contributed by atoms with Crippen LogP contribution in [0.3, 0.4) is 0 Å². The Bertz CT molecular complexity index is 355. The lowest BCUT2D eigenvalue weighted by Crippen LogP contribution is -2.31. The molecule has 1 saturated heterocycles. The van der Waals surface area contributed by atoms with Crippen LogP contribution < -0.4 is 5.73 Å². The molecule has 3 rings (SSSR count). The molecule has 3 nitrogen and oxygen atoms in total. The number of hydrogen-bond donors (Lipinski definition) is 1. The van der Waals surface area contributed by atoms with Crippen LogP contribution in [-0.2, 0) is 13.0 Å². The Morgan fingerprint density at radius 2 is 2.40 bits per heavy atom. The first-order chi connectivity index (χ1) is 7.34. The average Bonchev–Trinajstić information content (AvgIpc) is 2.82. The van der Waals surface area contributed by atoms with Gasteiger partial charge in [-0.3, -0.25) is 0 Å². The lowest BCUT2D eigenvalue weighted by Gasteiger charge is -2.23. The lowest BCUT2D eigenvalue weighted by molar-refractivity contribution is 0.458. The van der Waals surface area contributed by atoms with E-state index in [1.807, 2.05) is 6.20 Å². The van der Waals surface area contributed by atoms with Crippen LogP contribution in [0.1, 0.15) is 36.0 Å². The second-order valence-electron chi connectivity index (χ2n) is 4.51. The maximum absolute atomic E-state index is 5.97. The number of rotatable bonds is 1. The van der Waals surface area contributed by atoms with Gasteiger partial charge in [0.2, 0.25) is 0 Å². The maximum Gasteiger partial charge on any atom is 0.122 e. The zero-order valence-corrected chi connectivity index (χ0v) is 9.67. The van der Waals surface area contributed by atoms with Crippen molar-refractivity contribution in [3.8, 4) is 0 Å². The molecule has 2 atom stereocenters. The van der Waals surface area contributed by atoms with Crippen molar-refractivity contribution in [2.45, 2.75) is 43.5 Å². The van der Waals surface area contributed by atoms with Crippen molar-refractivity contribution < 1.29 is 0 Å². The van der Waals surface area contributed by atoms with Gasteiger partial charge in [0.15, 0.2) is 0 Å². The van der Waals surface area contributed by atoms with Crippen LogP contribution in [0, 0.1) is 0 Å². The third-order valence-electron chi connectivity index (χ3n) is 3.38.